The summed E-state index contributed by atoms with van der Waals surface area (Å²) in [6, 6.07) is 8.05. The predicted octanol–water partition coefficient (Wildman–Crippen LogP) is 2.77. The molecule has 3 rings (SSSR count). The van der Waals surface area contributed by atoms with E-state index >= 15 is 0 Å². The lowest BCUT2D eigenvalue weighted by Crippen LogP contribution is -2.32. The number of aromatic nitrogens is 3. The van der Waals surface area contributed by atoms with Gasteiger partial charge in [-0.1, -0.05) is 12.1 Å². The predicted molar refractivity (Wildman–Crippen MR) is 104 cm³/mol. The number of nitrogens with zero attached hydrogens (tertiary/aromatic N) is 3. The van der Waals surface area contributed by atoms with Crippen molar-refractivity contribution in [2.45, 2.75) is 12.2 Å². The molecular weight excluding hydrogens is 399 g/mol. The first-order valence-electron chi connectivity index (χ1n) is 8.82. The maximum Gasteiger partial charge on any atom is 0.416 e. The van der Waals surface area contributed by atoms with Crippen molar-refractivity contribution in [1.82, 2.24) is 20.3 Å². The maximum atomic E-state index is 12.9. The first-order chi connectivity index (χ1) is 14.1. The number of carbonyl (C=O) groups excluding carboxylic acids is 1. The van der Waals surface area contributed by atoms with Gasteiger partial charge in [-0.2, -0.15) is 13.2 Å². The summed E-state index contributed by atoms with van der Waals surface area (Å²) in [5.41, 5.74) is -0.379. The highest BCUT2D eigenvalue weighted by atomic mass is 19.4. The number of pyridine rings is 1. The second-order valence-electron chi connectivity index (χ2n) is 6.66. The third-order valence-corrected chi connectivity index (χ3v) is 4.27. The van der Waals surface area contributed by atoms with Crippen molar-refractivity contribution in [1.29, 1.82) is 0 Å². The molecule has 0 spiro atoms. The first-order valence-corrected chi connectivity index (χ1v) is 8.82. The highest BCUT2D eigenvalue weighted by molar-refractivity contribution is 5.93. The zero-order valence-corrected chi connectivity index (χ0v) is 16.1. The first kappa shape index (κ1) is 21.0. The molecule has 2 N–H and O–H groups in total. The average Bonchev–Trinajstić information content (AvgIpc) is 2.71. The van der Waals surface area contributed by atoms with Gasteiger partial charge in [-0.15, -0.1) is 0 Å². The molecule has 156 valence electrons. The standard InChI is InChI=1S/C20H18F3N5O2/c1-28(2)19-25-15(11-16(29)26-19)18(30)27-17(13-7-9-24-10-8-13)12-3-5-14(6-4-12)20(21,22)23/h3-11,17H,1-2H3,(H,27,30)(H,25,26,29). The van der Waals surface area contributed by atoms with Gasteiger partial charge in [0, 0.05) is 32.6 Å². The summed E-state index contributed by atoms with van der Waals surface area (Å²) in [7, 11) is 3.31. The molecule has 0 fully saturated rings. The Balaban J connectivity index is 1.97. The van der Waals surface area contributed by atoms with Gasteiger partial charge in [0.1, 0.15) is 5.69 Å². The lowest BCUT2D eigenvalue weighted by molar-refractivity contribution is -0.137. The molecule has 2 aromatic heterocycles. The summed E-state index contributed by atoms with van der Waals surface area (Å²) >= 11 is 0. The second kappa shape index (κ2) is 8.36. The van der Waals surface area contributed by atoms with Gasteiger partial charge in [0.15, 0.2) is 0 Å². The number of alkyl halides is 3. The van der Waals surface area contributed by atoms with E-state index in [1.807, 2.05) is 0 Å². The molecule has 0 aliphatic carbocycles. The van der Waals surface area contributed by atoms with Gasteiger partial charge in [-0.05, 0) is 35.4 Å². The van der Waals surface area contributed by atoms with Crippen LogP contribution in [0.2, 0.25) is 0 Å². The van der Waals surface area contributed by atoms with Crippen LogP contribution in [0.3, 0.4) is 0 Å². The molecule has 0 saturated carbocycles. The third kappa shape index (κ3) is 4.83. The van der Waals surface area contributed by atoms with Gasteiger partial charge in [0.2, 0.25) is 5.95 Å². The Hall–Kier alpha value is -3.69. The van der Waals surface area contributed by atoms with E-state index in [1.165, 1.54) is 29.4 Å². The lowest BCUT2D eigenvalue weighted by atomic mass is 9.98. The van der Waals surface area contributed by atoms with Crippen molar-refractivity contribution in [3.63, 3.8) is 0 Å². The summed E-state index contributed by atoms with van der Waals surface area (Å²) in [5.74, 6) is -0.450. The molecule has 10 heteroatoms. The van der Waals surface area contributed by atoms with E-state index in [9.17, 15) is 22.8 Å². The maximum absolute atomic E-state index is 12.9. The third-order valence-electron chi connectivity index (χ3n) is 4.27. The van der Waals surface area contributed by atoms with Crippen molar-refractivity contribution < 1.29 is 18.0 Å². The van der Waals surface area contributed by atoms with E-state index in [4.69, 9.17) is 0 Å². The minimum Gasteiger partial charge on any atom is -0.348 e. The highest BCUT2D eigenvalue weighted by Gasteiger charge is 2.30. The van der Waals surface area contributed by atoms with E-state index in [-0.39, 0.29) is 11.6 Å². The molecule has 7 nitrogen and oxygen atoms in total. The Labute approximate surface area is 169 Å². The van der Waals surface area contributed by atoms with Gasteiger partial charge in [-0.25, -0.2) is 4.98 Å². The second-order valence-corrected chi connectivity index (χ2v) is 6.66. The molecule has 0 radical (unpaired) electrons. The summed E-state index contributed by atoms with van der Waals surface area (Å²) in [4.78, 5) is 36.8. The van der Waals surface area contributed by atoms with Gasteiger partial charge >= 0.3 is 6.18 Å². The van der Waals surface area contributed by atoms with Crippen LogP contribution in [0.1, 0.15) is 33.2 Å². The smallest absolute Gasteiger partial charge is 0.348 e. The van der Waals surface area contributed by atoms with Crippen LogP contribution in [-0.4, -0.2) is 35.0 Å². The van der Waals surface area contributed by atoms with Gasteiger partial charge in [-0.3, -0.25) is 19.6 Å². The van der Waals surface area contributed by atoms with Crippen LogP contribution in [0.15, 0.2) is 59.7 Å². The number of hydrogen-bond acceptors (Lipinski definition) is 5. The number of amides is 1. The number of benzene rings is 1. The quantitative estimate of drug-likeness (QED) is 0.666. The number of nitrogens with one attached hydrogen (secondary N) is 2. The fourth-order valence-electron chi connectivity index (χ4n) is 2.76. The topological polar surface area (TPSA) is 91.0 Å². The Bertz CT molecular complexity index is 1080. The number of halogens is 3. The summed E-state index contributed by atoms with van der Waals surface area (Å²) < 4.78 is 38.7. The Morgan fingerprint density at radius 2 is 1.67 bits per heavy atom. The van der Waals surface area contributed by atoms with Crippen LogP contribution in [0.5, 0.6) is 0 Å². The molecule has 1 atom stereocenters. The zero-order chi connectivity index (χ0) is 21.9. The van der Waals surface area contributed by atoms with Crippen LogP contribution in [0, 0.1) is 0 Å². The van der Waals surface area contributed by atoms with Crippen LogP contribution in [0.4, 0.5) is 19.1 Å². The molecule has 0 aliphatic rings. The molecular formula is C20H18F3N5O2. The van der Waals surface area contributed by atoms with E-state index < -0.39 is 29.2 Å². The number of H-pyrrole nitrogens is 1. The van der Waals surface area contributed by atoms with E-state index in [0.717, 1.165) is 18.2 Å². The zero-order valence-electron chi connectivity index (χ0n) is 16.1. The van der Waals surface area contributed by atoms with Gasteiger partial charge < -0.3 is 10.2 Å². The normalized spacial score (nSPS) is 12.3. The van der Waals surface area contributed by atoms with Crippen molar-refractivity contribution >= 4 is 11.9 Å². The van der Waals surface area contributed by atoms with Crippen LogP contribution >= 0.6 is 0 Å². The molecule has 0 saturated heterocycles. The van der Waals surface area contributed by atoms with Gasteiger partial charge in [0.05, 0.1) is 11.6 Å². The average molecular weight is 417 g/mol. The molecule has 0 aliphatic heterocycles. The molecule has 1 amide bonds. The van der Waals surface area contributed by atoms with Crippen LogP contribution in [0.25, 0.3) is 0 Å². The Kier molecular flexibility index (Phi) is 5.86. The highest BCUT2D eigenvalue weighted by Crippen LogP contribution is 2.31. The SMILES string of the molecule is CN(C)c1nc(C(=O)NC(c2ccncc2)c2ccc(C(F)(F)F)cc2)cc(=O)[nH]1. The minimum absolute atomic E-state index is 0.117. The number of hydrogen-bond donors (Lipinski definition) is 2. The fraction of sp³-hybridized carbons (Fsp3) is 0.200. The van der Waals surface area contributed by atoms with E-state index in [2.05, 4.69) is 20.3 Å². The molecule has 30 heavy (non-hydrogen) atoms. The monoisotopic (exact) mass is 417 g/mol. The fourth-order valence-corrected chi connectivity index (χ4v) is 2.76. The van der Waals surface area contributed by atoms with Gasteiger partial charge in [0.25, 0.3) is 11.5 Å². The van der Waals surface area contributed by atoms with Crippen molar-refractivity contribution in [2.75, 3.05) is 19.0 Å². The van der Waals surface area contributed by atoms with Crippen LogP contribution < -0.4 is 15.8 Å². The number of aromatic amines is 1. The molecule has 0 bridgehead atoms. The largest absolute Gasteiger partial charge is 0.416 e. The molecule has 1 unspecified atom stereocenters. The van der Waals surface area contributed by atoms with E-state index in [1.54, 1.807) is 26.2 Å². The van der Waals surface area contributed by atoms with Crippen LogP contribution in [-0.2, 0) is 6.18 Å². The molecule has 2 heterocycles. The number of rotatable bonds is 5. The summed E-state index contributed by atoms with van der Waals surface area (Å²) in [6.45, 7) is 0. The summed E-state index contributed by atoms with van der Waals surface area (Å²) in [5, 5.41) is 2.74. The van der Waals surface area contributed by atoms with Crippen molar-refractivity contribution in [3.8, 4) is 0 Å². The Morgan fingerprint density at radius 1 is 1.07 bits per heavy atom. The number of carbonyl (C=O) groups is 1. The lowest BCUT2D eigenvalue weighted by Gasteiger charge is -2.20. The summed E-state index contributed by atoms with van der Waals surface area (Å²) in [6.07, 6.45) is -1.45. The molecule has 1 aromatic carbocycles. The van der Waals surface area contributed by atoms with E-state index in [0.29, 0.717) is 11.1 Å². The molecule has 3 aromatic rings. The minimum atomic E-state index is -4.47. The Morgan fingerprint density at radius 3 is 2.23 bits per heavy atom. The van der Waals surface area contributed by atoms with Crippen molar-refractivity contribution in [3.05, 3.63) is 87.6 Å². The van der Waals surface area contributed by atoms with Crippen molar-refractivity contribution in [2.24, 2.45) is 0 Å². The number of anilines is 1.